The van der Waals surface area contributed by atoms with Crippen LogP contribution in [-0.4, -0.2) is 28.9 Å². The van der Waals surface area contributed by atoms with Crippen molar-refractivity contribution in [2.75, 3.05) is 6.54 Å². The van der Waals surface area contributed by atoms with Crippen LogP contribution >= 0.6 is 0 Å². The van der Waals surface area contributed by atoms with E-state index in [2.05, 4.69) is 41.5 Å². The molecule has 3 rings (SSSR count). The first kappa shape index (κ1) is 15.3. The van der Waals surface area contributed by atoms with Crippen LogP contribution in [0.25, 0.3) is 10.9 Å². The summed E-state index contributed by atoms with van der Waals surface area (Å²) in [4.78, 5) is 0. The van der Waals surface area contributed by atoms with E-state index in [1.165, 1.54) is 30.2 Å². The summed E-state index contributed by atoms with van der Waals surface area (Å²) in [6.07, 6.45) is 9.22. The molecule has 1 saturated carbocycles. The fourth-order valence-corrected chi connectivity index (χ4v) is 3.50. The lowest BCUT2D eigenvalue weighted by molar-refractivity contribution is 0.134. The topological polar surface area (TPSA) is 49.9 Å². The average Bonchev–Trinajstić information content (AvgIpc) is 3.02. The zero-order chi connectivity index (χ0) is 15.4. The molecule has 0 spiro atoms. The number of benzene rings is 1. The Balaban J connectivity index is 1.72. The van der Waals surface area contributed by atoms with Crippen molar-refractivity contribution >= 4 is 10.9 Å². The van der Waals surface area contributed by atoms with E-state index in [9.17, 15) is 0 Å². The number of ether oxygens (including phenoxy) is 1. The van der Waals surface area contributed by atoms with Gasteiger partial charge < -0.3 is 10.1 Å². The Kier molecular flexibility index (Phi) is 4.98. The first-order valence-corrected chi connectivity index (χ1v) is 8.66. The van der Waals surface area contributed by atoms with E-state index in [4.69, 9.17) is 4.74 Å². The molecule has 0 bridgehead atoms. The van der Waals surface area contributed by atoms with Crippen LogP contribution in [-0.2, 0) is 6.42 Å². The smallest absolute Gasteiger partial charge is 0.123 e. The molecule has 120 valence electrons. The second kappa shape index (κ2) is 7.14. The standard InChI is InChI=1S/C18H27N3O/c1-3-10-19-13-6-5-7-14(11-13)22-18-9-8-17-16(12-20-21-17)15(18)4-2/h8-9,12-14,19H,3-7,10-11H2,1-2H3,(H,20,21)/t13-,14-/m1/s1. The third-order valence-electron chi connectivity index (χ3n) is 4.65. The Labute approximate surface area is 132 Å². The van der Waals surface area contributed by atoms with Crippen LogP contribution in [0.1, 0.15) is 51.5 Å². The van der Waals surface area contributed by atoms with E-state index in [-0.39, 0.29) is 0 Å². The number of aromatic amines is 1. The van der Waals surface area contributed by atoms with Crippen molar-refractivity contribution in [3.63, 3.8) is 0 Å². The highest BCUT2D eigenvalue weighted by Gasteiger charge is 2.23. The molecule has 0 radical (unpaired) electrons. The monoisotopic (exact) mass is 301 g/mol. The molecular formula is C18H27N3O. The fraction of sp³-hybridized carbons (Fsp3) is 0.611. The van der Waals surface area contributed by atoms with Gasteiger partial charge in [-0.05, 0) is 57.2 Å². The van der Waals surface area contributed by atoms with Gasteiger partial charge in [-0.25, -0.2) is 0 Å². The fourth-order valence-electron chi connectivity index (χ4n) is 3.50. The third kappa shape index (κ3) is 3.27. The minimum absolute atomic E-state index is 0.331. The molecule has 1 aliphatic carbocycles. The normalized spacial score (nSPS) is 22.1. The van der Waals surface area contributed by atoms with Gasteiger partial charge in [-0.2, -0.15) is 5.10 Å². The van der Waals surface area contributed by atoms with Crippen molar-refractivity contribution in [1.82, 2.24) is 15.5 Å². The zero-order valence-electron chi connectivity index (χ0n) is 13.7. The summed E-state index contributed by atoms with van der Waals surface area (Å²) >= 11 is 0. The van der Waals surface area contributed by atoms with Gasteiger partial charge in [-0.3, -0.25) is 5.10 Å². The van der Waals surface area contributed by atoms with Gasteiger partial charge in [-0.15, -0.1) is 0 Å². The van der Waals surface area contributed by atoms with E-state index in [1.807, 2.05) is 6.20 Å². The van der Waals surface area contributed by atoms with Gasteiger partial charge >= 0.3 is 0 Å². The van der Waals surface area contributed by atoms with E-state index < -0.39 is 0 Å². The van der Waals surface area contributed by atoms with Crippen molar-refractivity contribution in [3.8, 4) is 5.75 Å². The molecule has 2 N–H and O–H groups in total. The number of nitrogens with zero attached hydrogens (tertiary/aromatic N) is 1. The molecule has 2 atom stereocenters. The van der Waals surface area contributed by atoms with E-state index in [0.29, 0.717) is 12.1 Å². The molecule has 0 unspecified atom stereocenters. The predicted octanol–water partition coefficient (Wildman–Crippen LogP) is 3.81. The number of hydrogen-bond acceptors (Lipinski definition) is 3. The largest absolute Gasteiger partial charge is 0.490 e. The molecule has 1 fully saturated rings. The molecule has 1 heterocycles. The van der Waals surface area contributed by atoms with Crippen molar-refractivity contribution in [1.29, 1.82) is 0 Å². The number of hydrogen-bond donors (Lipinski definition) is 2. The summed E-state index contributed by atoms with van der Waals surface area (Å²) in [6, 6.07) is 4.79. The summed E-state index contributed by atoms with van der Waals surface area (Å²) in [7, 11) is 0. The second-order valence-corrected chi connectivity index (χ2v) is 6.28. The maximum atomic E-state index is 6.38. The van der Waals surface area contributed by atoms with Gasteiger partial charge in [0.05, 0.1) is 11.7 Å². The number of fused-ring (bicyclic) bond motifs is 1. The van der Waals surface area contributed by atoms with Crippen LogP contribution in [0.4, 0.5) is 0 Å². The molecule has 4 nitrogen and oxygen atoms in total. The number of rotatable bonds is 6. The zero-order valence-corrected chi connectivity index (χ0v) is 13.7. The molecule has 0 amide bonds. The second-order valence-electron chi connectivity index (χ2n) is 6.28. The Morgan fingerprint density at radius 1 is 1.32 bits per heavy atom. The first-order chi connectivity index (χ1) is 10.8. The Bertz CT molecular complexity index is 607. The van der Waals surface area contributed by atoms with Crippen LogP contribution in [0.15, 0.2) is 18.3 Å². The van der Waals surface area contributed by atoms with E-state index in [0.717, 1.165) is 37.1 Å². The summed E-state index contributed by atoms with van der Waals surface area (Å²) in [5, 5.41) is 12.0. The van der Waals surface area contributed by atoms with Gasteiger partial charge in [0.15, 0.2) is 0 Å². The maximum absolute atomic E-state index is 6.38. The SMILES string of the molecule is CCCN[C@@H]1CCC[C@@H](Oc2ccc3[nH]ncc3c2CC)C1. The molecule has 1 aromatic heterocycles. The Hall–Kier alpha value is -1.55. The molecule has 4 heteroatoms. The van der Waals surface area contributed by atoms with Crippen LogP contribution in [0.5, 0.6) is 5.75 Å². The van der Waals surface area contributed by atoms with Crippen molar-refractivity contribution < 1.29 is 4.74 Å². The van der Waals surface area contributed by atoms with Gasteiger partial charge in [0, 0.05) is 17.0 Å². The minimum Gasteiger partial charge on any atom is -0.490 e. The molecule has 0 aliphatic heterocycles. The molecule has 1 aliphatic rings. The number of aryl methyl sites for hydroxylation is 1. The lowest BCUT2D eigenvalue weighted by atomic mass is 9.92. The lowest BCUT2D eigenvalue weighted by Crippen LogP contribution is -2.38. The summed E-state index contributed by atoms with van der Waals surface area (Å²) in [5.41, 5.74) is 2.37. The van der Waals surface area contributed by atoms with Crippen LogP contribution < -0.4 is 10.1 Å². The van der Waals surface area contributed by atoms with Crippen molar-refractivity contribution in [2.24, 2.45) is 0 Å². The number of aromatic nitrogens is 2. The Morgan fingerprint density at radius 2 is 2.23 bits per heavy atom. The van der Waals surface area contributed by atoms with Crippen molar-refractivity contribution in [2.45, 2.75) is 64.5 Å². The van der Waals surface area contributed by atoms with Gasteiger partial charge in [0.25, 0.3) is 0 Å². The number of nitrogens with one attached hydrogen (secondary N) is 2. The number of H-pyrrole nitrogens is 1. The molecule has 0 saturated heterocycles. The quantitative estimate of drug-likeness (QED) is 0.853. The summed E-state index contributed by atoms with van der Waals surface area (Å²) < 4.78 is 6.38. The molecular weight excluding hydrogens is 274 g/mol. The van der Waals surface area contributed by atoms with Gasteiger partial charge in [0.1, 0.15) is 11.9 Å². The average molecular weight is 301 g/mol. The molecule has 1 aromatic carbocycles. The summed E-state index contributed by atoms with van der Waals surface area (Å²) in [5.74, 6) is 1.04. The van der Waals surface area contributed by atoms with Crippen LogP contribution in [0.2, 0.25) is 0 Å². The van der Waals surface area contributed by atoms with Crippen LogP contribution in [0, 0.1) is 0 Å². The van der Waals surface area contributed by atoms with Crippen molar-refractivity contribution in [3.05, 3.63) is 23.9 Å². The highest BCUT2D eigenvalue weighted by atomic mass is 16.5. The van der Waals surface area contributed by atoms with E-state index >= 15 is 0 Å². The third-order valence-corrected chi connectivity index (χ3v) is 4.65. The lowest BCUT2D eigenvalue weighted by Gasteiger charge is -2.31. The Morgan fingerprint density at radius 3 is 3.05 bits per heavy atom. The van der Waals surface area contributed by atoms with E-state index in [1.54, 1.807) is 0 Å². The maximum Gasteiger partial charge on any atom is 0.123 e. The van der Waals surface area contributed by atoms with Gasteiger partial charge in [0.2, 0.25) is 0 Å². The van der Waals surface area contributed by atoms with Crippen LogP contribution in [0.3, 0.4) is 0 Å². The minimum atomic E-state index is 0.331. The molecule has 22 heavy (non-hydrogen) atoms. The summed E-state index contributed by atoms with van der Waals surface area (Å²) in [6.45, 7) is 5.51. The molecule has 2 aromatic rings. The highest BCUT2D eigenvalue weighted by Crippen LogP contribution is 2.31. The first-order valence-electron chi connectivity index (χ1n) is 8.66. The highest BCUT2D eigenvalue weighted by molar-refractivity contribution is 5.84. The van der Waals surface area contributed by atoms with Gasteiger partial charge in [-0.1, -0.05) is 13.8 Å². The predicted molar refractivity (Wildman–Crippen MR) is 90.4 cm³/mol.